The summed E-state index contributed by atoms with van der Waals surface area (Å²) in [4.78, 5) is 24.6. The summed E-state index contributed by atoms with van der Waals surface area (Å²) in [6.45, 7) is 1.92. The van der Waals surface area contributed by atoms with E-state index in [1.165, 1.54) is 24.2 Å². The van der Waals surface area contributed by atoms with Gasteiger partial charge in [-0.2, -0.15) is 0 Å². The molecule has 1 saturated heterocycles. The number of rotatable bonds is 3. The van der Waals surface area contributed by atoms with Gasteiger partial charge < -0.3 is 0 Å². The van der Waals surface area contributed by atoms with Crippen LogP contribution in [-0.2, 0) is 4.79 Å². The summed E-state index contributed by atoms with van der Waals surface area (Å²) >= 11 is 1.31. The van der Waals surface area contributed by atoms with E-state index in [4.69, 9.17) is 0 Å². The van der Waals surface area contributed by atoms with E-state index in [9.17, 15) is 9.18 Å². The molecule has 0 radical (unpaired) electrons. The number of aliphatic imine (C=N–C) groups is 1. The van der Waals surface area contributed by atoms with Gasteiger partial charge in [0.1, 0.15) is 5.82 Å². The molecular formula is C22H22FN3OS. The first-order valence-electron chi connectivity index (χ1n) is 9.62. The van der Waals surface area contributed by atoms with Gasteiger partial charge in [-0.15, -0.1) is 0 Å². The fraction of sp³-hybridized carbons (Fsp3) is 0.318. The molecule has 0 atom stereocenters. The Balaban J connectivity index is 1.72. The van der Waals surface area contributed by atoms with Crippen molar-refractivity contribution in [1.82, 2.24) is 9.88 Å². The Morgan fingerprint density at radius 1 is 1.14 bits per heavy atom. The summed E-state index contributed by atoms with van der Waals surface area (Å²) in [7, 11) is 0. The van der Waals surface area contributed by atoms with Gasteiger partial charge in [-0.25, -0.2) is 14.4 Å². The number of carbonyl (C=O) groups excluding carboxylic acids is 1. The van der Waals surface area contributed by atoms with Crippen LogP contribution in [0.2, 0.25) is 0 Å². The van der Waals surface area contributed by atoms with Crippen molar-refractivity contribution in [1.29, 1.82) is 0 Å². The molecular weight excluding hydrogens is 373 g/mol. The summed E-state index contributed by atoms with van der Waals surface area (Å²) in [6.07, 6.45) is 7.00. The van der Waals surface area contributed by atoms with Gasteiger partial charge in [-0.3, -0.25) is 9.69 Å². The summed E-state index contributed by atoms with van der Waals surface area (Å²) in [5.41, 5.74) is 1.29. The Bertz CT molecular complexity index is 950. The molecule has 4 nitrogen and oxygen atoms in total. The zero-order chi connectivity index (χ0) is 19.5. The normalized spacial score (nSPS) is 21.1. The fourth-order valence-electron chi connectivity index (χ4n) is 3.65. The van der Waals surface area contributed by atoms with Crippen LogP contribution < -0.4 is 0 Å². The third kappa shape index (κ3) is 4.02. The van der Waals surface area contributed by atoms with Crippen LogP contribution in [0.3, 0.4) is 0 Å². The van der Waals surface area contributed by atoms with E-state index in [-0.39, 0.29) is 17.8 Å². The van der Waals surface area contributed by atoms with Gasteiger partial charge >= 0.3 is 0 Å². The molecule has 1 saturated carbocycles. The first-order chi connectivity index (χ1) is 13.6. The van der Waals surface area contributed by atoms with E-state index < -0.39 is 0 Å². The second-order valence-electron chi connectivity index (χ2n) is 7.13. The molecule has 1 aromatic heterocycles. The smallest absolute Gasteiger partial charge is 0.267 e. The highest BCUT2D eigenvalue weighted by atomic mass is 32.2. The number of amides is 1. The summed E-state index contributed by atoms with van der Waals surface area (Å²) in [5, 5.41) is 0.637. The number of amidine groups is 1. The van der Waals surface area contributed by atoms with E-state index in [2.05, 4.69) is 9.98 Å². The van der Waals surface area contributed by atoms with Crippen LogP contribution in [0.15, 0.2) is 52.4 Å². The molecule has 144 valence electrons. The lowest BCUT2D eigenvalue weighted by molar-refractivity contribution is -0.124. The van der Waals surface area contributed by atoms with Crippen molar-refractivity contribution in [3.05, 3.63) is 64.4 Å². The van der Waals surface area contributed by atoms with Crippen LogP contribution in [0.4, 0.5) is 10.2 Å². The second-order valence-corrected chi connectivity index (χ2v) is 8.14. The molecule has 1 aliphatic heterocycles. The number of aryl methyl sites for hydroxylation is 1. The highest BCUT2D eigenvalue weighted by Crippen LogP contribution is 2.38. The van der Waals surface area contributed by atoms with E-state index in [1.54, 1.807) is 29.2 Å². The van der Waals surface area contributed by atoms with Gasteiger partial charge in [0.05, 0.1) is 4.91 Å². The van der Waals surface area contributed by atoms with Crippen LogP contribution in [0.5, 0.6) is 0 Å². The minimum atomic E-state index is -0.335. The lowest BCUT2D eigenvalue weighted by atomic mass is 9.94. The largest absolute Gasteiger partial charge is 0.283 e. The number of thioether (sulfide) groups is 1. The Labute approximate surface area is 168 Å². The monoisotopic (exact) mass is 395 g/mol. The Kier molecular flexibility index (Phi) is 5.57. The highest BCUT2D eigenvalue weighted by Gasteiger charge is 2.38. The number of halogens is 1. The van der Waals surface area contributed by atoms with Crippen molar-refractivity contribution in [2.45, 2.75) is 45.1 Å². The molecule has 1 aliphatic carbocycles. The molecule has 4 rings (SSSR count). The maximum Gasteiger partial charge on any atom is 0.267 e. The molecule has 0 unspecified atom stereocenters. The van der Waals surface area contributed by atoms with Gasteiger partial charge in [0.15, 0.2) is 11.0 Å². The van der Waals surface area contributed by atoms with Gasteiger partial charge in [0.25, 0.3) is 5.91 Å². The third-order valence-electron chi connectivity index (χ3n) is 5.05. The van der Waals surface area contributed by atoms with E-state index in [0.717, 1.165) is 31.4 Å². The lowest BCUT2D eigenvalue weighted by Gasteiger charge is -2.30. The van der Waals surface area contributed by atoms with Crippen molar-refractivity contribution in [3.8, 4) is 0 Å². The number of hydrogen-bond donors (Lipinski definition) is 0. The molecule has 0 bridgehead atoms. The quantitative estimate of drug-likeness (QED) is 0.648. The van der Waals surface area contributed by atoms with Crippen LogP contribution in [-0.4, -0.2) is 27.0 Å². The molecule has 1 amide bonds. The predicted molar refractivity (Wildman–Crippen MR) is 112 cm³/mol. The highest BCUT2D eigenvalue weighted by molar-refractivity contribution is 8.18. The number of nitrogens with zero attached hydrogens (tertiary/aromatic N) is 3. The van der Waals surface area contributed by atoms with Crippen molar-refractivity contribution >= 4 is 34.7 Å². The second kappa shape index (κ2) is 8.27. The zero-order valence-electron chi connectivity index (χ0n) is 15.8. The Morgan fingerprint density at radius 2 is 1.93 bits per heavy atom. The average molecular weight is 396 g/mol. The van der Waals surface area contributed by atoms with Gasteiger partial charge in [0, 0.05) is 17.3 Å². The molecule has 2 heterocycles. The van der Waals surface area contributed by atoms with Crippen LogP contribution in [0.1, 0.15) is 43.4 Å². The molecule has 6 heteroatoms. The summed E-state index contributed by atoms with van der Waals surface area (Å²) in [5.74, 6) is 0.160. The molecule has 2 fully saturated rings. The molecule has 0 N–H and O–H groups in total. The van der Waals surface area contributed by atoms with Crippen molar-refractivity contribution < 1.29 is 9.18 Å². The predicted octanol–water partition coefficient (Wildman–Crippen LogP) is 5.47. The first kappa shape index (κ1) is 18.9. The number of benzene rings is 1. The summed E-state index contributed by atoms with van der Waals surface area (Å²) in [6, 6.07) is 12.3. The first-order valence-corrected chi connectivity index (χ1v) is 10.4. The Morgan fingerprint density at radius 3 is 2.68 bits per heavy atom. The number of aromatic nitrogens is 1. The minimum absolute atomic E-state index is 0.0912. The standard InChI is InChI=1S/C22H22FN3OS/c1-15-8-7-13-20(24-15)25-22-26(17-10-3-2-4-11-17)21(27)19(28-22)14-16-9-5-6-12-18(16)23/h5-9,12-14,17H,2-4,10-11H2,1H3/b19-14-,25-22+. The van der Waals surface area contributed by atoms with Crippen LogP contribution >= 0.6 is 11.8 Å². The van der Waals surface area contributed by atoms with E-state index >= 15 is 0 Å². The van der Waals surface area contributed by atoms with Crippen LogP contribution in [0, 0.1) is 12.7 Å². The number of pyridine rings is 1. The van der Waals surface area contributed by atoms with E-state index in [1.807, 2.05) is 25.1 Å². The number of carbonyl (C=O) groups is 1. The van der Waals surface area contributed by atoms with Crippen molar-refractivity contribution in [3.63, 3.8) is 0 Å². The van der Waals surface area contributed by atoms with Crippen molar-refractivity contribution in [2.24, 2.45) is 4.99 Å². The minimum Gasteiger partial charge on any atom is -0.283 e. The third-order valence-corrected chi connectivity index (χ3v) is 6.04. The SMILES string of the molecule is Cc1cccc(/N=C2/S/C(=C\c3ccccc3F)C(=O)N2C2CCCCC2)n1. The van der Waals surface area contributed by atoms with Gasteiger partial charge in [-0.05, 0) is 55.8 Å². The lowest BCUT2D eigenvalue weighted by Crippen LogP contribution is -2.40. The molecule has 28 heavy (non-hydrogen) atoms. The maximum absolute atomic E-state index is 14.1. The molecule has 2 aromatic rings. The number of hydrogen-bond acceptors (Lipinski definition) is 4. The molecule has 2 aliphatic rings. The van der Waals surface area contributed by atoms with Gasteiger partial charge in [0.2, 0.25) is 0 Å². The Hall–Kier alpha value is -2.47. The average Bonchev–Trinajstić information content (AvgIpc) is 2.99. The molecule has 0 spiro atoms. The maximum atomic E-state index is 14.1. The fourth-order valence-corrected chi connectivity index (χ4v) is 4.69. The topological polar surface area (TPSA) is 45.6 Å². The van der Waals surface area contributed by atoms with Crippen molar-refractivity contribution in [2.75, 3.05) is 0 Å². The summed E-state index contributed by atoms with van der Waals surface area (Å²) < 4.78 is 14.1. The van der Waals surface area contributed by atoms with Crippen LogP contribution in [0.25, 0.3) is 6.08 Å². The molecule has 1 aromatic carbocycles. The van der Waals surface area contributed by atoms with E-state index in [0.29, 0.717) is 21.5 Å². The van der Waals surface area contributed by atoms with Gasteiger partial charge in [-0.1, -0.05) is 43.5 Å². The zero-order valence-corrected chi connectivity index (χ0v) is 16.6.